The highest BCUT2D eigenvalue weighted by molar-refractivity contribution is 6.11. The second kappa shape index (κ2) is 8.57. The molecule has 0 heterocycles. The maximum Gasteiger partial charge on any atom is 0.336 e. The lowest BCUT2D eigenvalue weighted by atomic mass is 10.0. The molecule has 0 aliphatic rings. The summed E-state index contributed by atoms with van der Waals surface area (Å²) in [6.07, 6.45) is 0. The van der Waals surface area contributed by atoms with E-state index in [9.17, 15) is 19.5 Å². The Morgan fingerprint density at radius 1 is 0.690 bits per heavy atom. The van der Waals surface area contributed by atoms with Gasteiger partial charge in [-0.15, -0.1) is 0 Å². The maximum atomic E-state index is 12.5. The number of carboxylic acid groups (broad SMARTS) is 2. The minimum Gasteiger partial charge on any atom is -0.478 e. The summed E-state index contributed by atoms with van der Waals surface area (Å²) in [5.41, 5.74) is 0.949. The Labute approximate surface area is 165 Å². The Kier molecular flexibility index (Phi) is 5.74. The van der Waals surface area contributed by atoms with Crippen molar-refractivity contribution in [2.24, 2.45) is 10.2 Å². The van der Waals surface area contributed by atoms with E-state index in [0.29, 0.717) is 17.1 Å². The third-order valence-electron chi connectivity index (χ3n) is 3.90. The summed E-state index contributed by atoms with van der Waals surface area (Å²) in [4.78, 5) is 34.9. The summed E-state index contributed by atoms with van der Waals surface area (Å²) < 4.78 is 0. The van der Waals surface area contributed by atoms with Gasteiger partial charge in [0.05, 0.1) is 28.1 Å². The minimum atomic E-state index is -1.39. The number of carbonyl (C=O) groups is 3. The molecule has 3 aromatic rings. The molecule has 144 valence electrons. The van der Waals surface area contributed by atoms with Crippen LogP contribution >= 0.6 is 0 Å². The SMILES string of the molecule is O=C(O)c1ccc(C(=O)Nc2ccc(N=Nc3ccccc3)cc2)c(C(=O)O)c1. The van der Waals surface area contributed by atoms with E-state index in [4.69, 9.17) is 5.11 Å². The van der Waals surface area contributed by atoms with Crippen LogP contribution in [0.3, 0.4) is 0 Å². The first-order chi connectivity index (χ1) is 13.9. The lowest BCUT2D eigenvalue weighted by Crippen LogP contribution is -2.17. The number of nitrogens with one attached hydrogen (secondary N) is 1. The first-order valence-electron chi connectivity index (χ1n) is 8.43. The van der Waals surface area contributed by atoms with Crippen molar-refractivity contribution in [3.05, 3.63) is 89.5 Å². The van der Waals surface area contributed by atoms with Gasteiger partial charge in [-0.25, -0.2) is 9.59 Å². The molecule has 0 fully saturated rings. The summed E-state index contributed by atoms with van der Waals surface area (Å²) in [7, 11) is 0. The van der Waals surface area contributed by atoms with Gasteiger partial charge in [0.1, 0.15) is 0 Å². The third kappa shape index (κ3) is 4.89. The molecule has 0 bridgehead atoms. The van der Waals surface area contributed by atoms with Gasteiger partial charge in [-0.3, -0.25) is 4.79 Å². The minimum absolute atomic E-state index is 0.143. The highest BCUT2D eigenvalue weighted by atomic mass is 16.4. The number of carboxylic acids is 2. The second-order valence-electron chi connectivity index (χ2n) is 5.91. The molecule has 29 heavy (non-hydrogen) atoms. The number of nitrogens with zero attached hydrogens (tertiary/aromatic N) is 2. The quantitative estimate of drug-likeness (QED) is 0.524. The lowest BCUT2D eigenvalue weighted by Gasteiger charge is -2.09. The molecule has 3 aromatic carbocycles. The smallest absolute Gasteiger partial charge is 0.336 e. The van der Waals surface area contributed by atoms with Crippen LogP contribution < -0.4 is 5.32 Å². The molecule has 8 heteroatoms. The van der Waals surface area contributed by atoms with Crippen molar-refractivity contribution in [3.8, 4) is 0 Å². The van der Waals surface area contributed by atoms with Crippen LogP contribution in [-0.2, 0) is 0 Å². The summed E-state index contributed by atoms with van der Waals surface area (Å²) in [5, 5.41) is 29.0. The van der Waals surface area contributed by atoms with Crippen LogP contribution in [0.4, 0.5) is 17.1 Å². The van der Waals surface area contributed by atoms with Crippen LogP contribution in [0.2, 0.25) is 0 Å². The molecule has 0 aliphatic carbocycles. The molecule has 3 N–H and O–H groups in total. The Morgan fingerprint density at radius 2 is 1.31 bits per heavy atom. The van der Waals surface area contributed by atoms with Gasteiger partial charge in [0.2, 0.25) is 0 Å². The van der Waals surface area contributed by atoms with E-state index >= 15 is 0 Å². The van der Waals surface area contributed by atoms with Gasteiger partial charge < -0.3 is 15.5 Å². The van der Waals surface area contributed by atoms with E-state index in [0.717, 1.165) is 6.07 Å². The lowest BCUT2D eigenvalue weighted by molar-refractivity contribution is 0.0692. The molecule has 8 nitrogen and oxygen atoms in total. The molecule has 0 aromatic heterocycles. The maximum absolute atomic E-state index is 12.5. The monoisotopic (exact) mass is 389 g/mol. The van der Waals surface area contributed by atoms with Crippen LogP contribution in [0.25, 0.3) is 0 Å². The summed E-state index contributed by atoms with van der Waals surface area (Å²) >= 11 is 0. The molecule has 0 atom stereocenters. The molecule has 0 aliphatic heterocycles. The predicted molar refractivity (Wildman–Crippen MR) is 105 cm³/mol. The summed E-state index contributed by atoms with van der Waals surface area (Å²) in [6.45, 7) is 0. The van der Waals surface area contributed by atoms with Crippen LogP contribution in [0.1, 0.15) is 31.1 Å². The Morgan fingerprint density at radius 3 is 1.90 bits per heavy atom. The first kappa shape index (κ1) is 19.4. The van der Waals surface area contributed by atoms with Crippen molar-refractivity contribution in [1.29, 1.82) is 0 Å². The number of hydrogen-bond donors (Lipinski definition) is 3. The number of rotatable bonds is 6. The van der Waals surface area contributed by atoms with Crippen molar-refractivity contribution in [3.63, 3.8) is 0 Å². The average molecular weight is 389 g/mol. The van der Waals surface area contributed by atoms with E-state index in [1.54, 1.807) is 24.3 Å². The van der Waals surface area contributed by atoms with Crippen molar-refractivity contribution in [2.45, 2.75) is 0 Å². The molecule has 0 saturated heterocycles. The Balaban J connectivity index is 1.75. The zero-order valence-electron chi connectivity index (χ0n) is 14.9. The summed E-state index contributed by atoms with van der Waals surface area (Å²) in [5.74, 6) is -3.34. The Hall–Kier alpha value is -4.33. The van der Waals surface area contributed by atoms with Crippen molar-refractivity contribution >= 4 is 34.9 Å². The zero-order chi connectivity index (χ0) is 20.8. The van der Waals surface area contributed by atoms with Crippen molar-refractivity contribution < 1.29 is 24.6 Å². The van der Waals surface area contributed by atoms with Crippen LogP contribution in [0, 0.1) is 0 Å². The average Bonchev–Trinajstić information content (AvgIpc) is 2.73. The van der Waals surface area contributed by atoms with Crippen LogP contribution in [0.5, 0.6) is 0 Å². The first-order valence-corrected chi connectivity index (χ1v) is 8.43. The van der Waals surface area contributed by atoms with Crippen molar-refractivity contribution in [2.75, 3.05) is 5.32 Å². The fourth-order valence-corrected chi connectivity index (χ4v) is 2.47. The van der Waals surface area contributed by atoms with Gasteiger partial charge in [0, 0.05) is 5.69 Å². The van der Waals surface area contributed by atoms with Gasteiger partial charge >= 0.3 is 11.9 Å². The van der Waals surface area contributed by atoms with E-state index in [2.05, 4.69) is 15.5 Å². The standard InChI is InChI=1S/C21H15N3O5/c25-19(17-11-6-13(20(26)27)12-18(17)21(28)29)22-14-7-9-16(10-8-14)24-23-15-4-2-1-3-5-15/h1-12H,(H,22,25)(H,26,27)(H,28,29). The number of benzene rings is 3. The molecule has 1 amide bonds. The fourth-order valence-electron chi connectivity index (χ4n) is 2.47. The molecular formula is C21H15N3O5. The number of hydrogen-bond acceptors (Lipinski definition) is 5. The van der Waals surface area contributed by atoms with E-state index in [-0.39, 0.29) is 11.1 Å². The molecule has 0 radical (unpaired) electrons. The van der Waals surface area contributed by atoms with Gasteiger partial charge in [-0.2, -0.15) is 10.2 Å². The predicted octanol–water partition coefficient (Wildman–Crippen LogP) is 4.75. The van der Waals surface area contributed by atoms with E-state index < -0.39 is 23.4 Å². The van der Waals surface area contributed by atoms with Gasteiger partial charge in [-0.05, 0) is 54.6 Å². The third-order valence-corrected chi connectivity index (χ3v) is 3.90. The zero-order valence-corrected chi connectivity index (χ0v) is 14.9. The van der Waals surface area contributed by atoms with Crippen LogP contribution in [-0.4, -0.2) is 28.1 Å². The molecule has 0 unspecified atom stereocenters. The van der Waals surface area contributed by atoms with Crippen molar-refractivity contribution in [1.82, 2.24) is 0 Å². The number of anilines is 1. The Bertz CT molecular complexity index is 1090. The normalized spacial score (nSPS) is 10.6. The second-order valence-corrected chi connectivity index (χ2v) is 5.91. The van der Waals surface area contributed by atoms with Crippen LogP contribution in [0.15, 0.2) is 83.0 Å². The number of azo groups is 1. The van der Waals surface area contributed by atoms with E-state index in [1.165, 1.54) is 12.1 Å². The summed E-state index contributed by atoms with van der Waals surface area (Å²) in [6, 6.07) is 19.0. The highest BCUT2D eigenvalue weighted by Gasteiger charge is 2.19. The fraction of sp³-hybridized carbons (Fsp3) is 0. The van der Waals surface area contributed by atoms with E-state index in [1.807, 2.05) is 30.3 Å². The van der Waals surface area contributed by atoms with Gasteiger partial charge in [-0.1, -0.05) is 18.2 Å². The highest BCUT2D eigenvalue weighted by Crippen LogP contribution is 2.21. The molecule has 0 spiro atoms. The largest absolute Gasteiger partial charge is 0.478 e. The molecule has 0 saturated carbocycles. The van der Waals surface area contributed by atoms with Gasteiger partial charge in [0.15, 0.2) is 0 Å². The van der Waals surface area contributed by atoms with Gasteiger partial charge in [0.25, 0.3) is 5.91 Å². The molecule has 3 rings (SSSR count). The topological polar surface area (TPSA) is 128 Å². The number of aromatic carboxylic acids is 2. The number of carbonyl (C=O) groups excluding carboxylic acids is 1. The molecular weight excluding hydrogens is 374 g/mol. The number of amides is 1.